The predicted octanol–water partition coefficient (Wildman–Crippen LogP) is 1.48. The number of carbonyl (C=O) groups is 1. The Morgan fingerprint density at radius 3 is 2.56 bits per heavy atom. The first-order chi connectivity index (χ1) is 7.38. The predicted molar refractivity (Wildman–Crippen MR) is 62.4 cm³/mol. The number of carboxylic acids is 1. The van der Waals surface area contributed by atoms with E-state index in [2.05, 4.69) is 0 Å². The standard InChI is InChI=1S/C12H23NO3/c1-4-11(3,16)9-13-8-6-7-12(13,5-2)10(14)15/h16H,4-9H2,1-3H3,(H,14,15). The van der Waals surface area contributed by atoms with E-state index in [4.69, 9.17) is 0 Å². The van der Waals surface area contributed by atoms with Crippen LogP contribution in [0, 0.1) is 0 Å². The molecule has 2 N–H and O–H groups in total. The molecule has 0 radical (unpaired) electrons. The zero-order valence-electron chi connectivity index (χ0n) is 10.5. The molecule has 2 unspecified atom stereocenters. The number of aliphatic hydroxyl groups is 1. The van der Waals surface area contributed by atoms with Gasteiger partial charge in [0.15, 0.2) is 0 Å². The Bertz CT molecular complexity index is 265. The van der Waals surface area contributed by atoms with Crippen LogP contribution in [0.1, 0.15) is 46.5 Å². The average Bonchev–Trinajstić information content (AvgIpc) is 2.61. The van der Waals surface area contributed by atoms with Gasteiger partial charge in [-0.15, -0.1) is 0 Å². The molecule has 1 aliphatic heterocycles. The lowest BCUT2D eigenvalue weighted by Gasteiger charge is -2.38. The Balaban J connectivity index is 2.83. The van der Waals surface area contributed by atoms with Gasteiger partial charge in [0.05, 0.1) is 5.60 Å². The van der Waals surface area contributed by atoms with Gasteiger partial charge in [0.2, 0.25) is 0 Å². The van der Waals surface area contributed by atoms with Crippen molar-refractivity contribution in [2.75, 3.05) is 13.1 Å². The summed E-state index contributed by atoms with van der Waals surface area (Å²) in [6, 6.07) is 0. The highest BCUT2D eigenvalue weighted by atomic mass is 16.4. The first-order valence-electron chi connectivity index (χ1n) is 6.09. The van der Waals surface area contributed by atoms with Crippen LogP contribution in [0.2, 0.25) is 0 Å². The second-order valence-electron chi connectivity index (χ2n) is 5.07. The third-order valence-electron chi connectivity index (χ3n) is 3.90. The van der Waals surface area contributed by atoms with Crippen molar-refractivity contribution in [1.29, 1.82) is 0 Å². The van der Waals surface area contributed by atoms with Crippen molar-refractivity contribution in [1.82, 2.24) is 4.90 Å². The monoisotopic (exact) mass is 229 g/mol. The summed E-state index contributed by atoms with van der Waals surface area (Å²) in [5.41, 5.74) is -1.54. The van der Waals surface area contributed by atoms with Crippen molar-refractivity contribution in [3.8, 4) is 0 Å². The van der Waals surface area contributed by atoms with Crippen LogP contribution in [0.4, 0.5) is 0 Å². The quantitative estimate of drug-likeness (QED) is 0.749. The summed E-state index contributed by atoms with van der Waals surface area (Å²) in [5, 5.41) is 19.4. The smallest absolute Gasteiger partial charge is 0.324 e. The summed E-state index contributed by atoms with van der Waals surface area (Å²) in [7, 11) is 0. The Hall–Kier alpha value is -0.610. The number of aliphatic carboxylic acids is 1. The van der Waals surface area contributed by atoms with E-state index in [9.17, 15) is 15.0 Å². The van der Waals surface area contributed by atoms with Gasteiger partial charge in [0, 0.05) is 6.54 Å². The Kier molecular flexibility index (Phi) is 3.97. The molecule has 4 heteroatoms. The van der Waals surface area contributed by atoms with Crippen LogP contribution < -0.4 is 0 Å². The van der Waals surface area contributed by atoms with E-state index in [-0.39, 0.29) is 0 Å². The third kappa shape index (κ3) is 2.38. The van der Waals surface area contributed by atoms with E-state index in [0.29, 0.717) is 25.8 Å². The highest BCUT2D eigenvalue weighted by molar-refractivity contribution is 5.79. The lowest BCUT2D eigenvalue weighted by molar-refractivity contribution is -0.151. The number of hydrogen-bond donors (Lipinski definition) is 2. The van der Waals surface area contributed by atoms with Gasteiger partial charge in [0.25, 0.3) is 0 Å². The molecule has 0 amide bonds. The first kappa shape index (κ1) is 13.5. The van der Waals surface area contributed by atoms with E-state index in [1.807, 2.05) is 18.7 Å². The van der Waals surface area contributed by atoms with Gasteiger partial charge in [-0.25, -0.2) is 0 Å². The molecular weight excluding hydrogens is 206 g/mol. The molecule has 0 bridgehead atoms. The van der Waals surface area contributed by atoms with Crippen LogP contribution >= 0.6 is 0 Å². The number of carboxylic acid groups (broad SMARTS) is 1. The van der Waals surface area contributed by atoms with Crippen LogP contribution in [0.5, 0.6) is 0 Å². The molecule has 0 saturated carbocycles. The number of rotatable bonds is 5. The Labute approximate surface area is 97.3 Å². The van der Waals surface area contributed by atoms with Crippen molar-refractivity contribution in [3.63, 3.8) is 0 Å². The summed E-state index contributed by atoms with van der Waals surface area (Å²) < 4.78 is 0. The molecule has 0 aromatic rings. The van der Waals surface area contributed by atoms with Crippen LogP contribution in [0.3, 0.4) is 0 Å². The fraction of sp³-hybridized carbons (Fsp3) is 0.917. The second-order valence-corrected chi connectivity index (χ2v) is 5.07. The van der Waals surface area contributed by atoms with Crippen molar-refractivity contribution in [3.05, 3.63) is 0 Å². The molecule has 16 heavy (non-hydrogen) atoms. The summed E-state index contributed by atoms with van der Waals surface area (Å²) in [6.45, 7) is 6.82. The SMILES string of the molecule is CCC(C)(O)CN1CCCC1(CC)C(=O)O. The lowest BCUT2D eigenvalue weighted by atomic mass is 9.91. The molecule has 1 saturated heterocycles. The minimum atomic E-state index is -0.791. The number of hydrogen-bond acceptors (Lipinski definition) is 3. The highest BCUT2D eigenvalue weighted by Gasteiger charge is 2.47. The summed E-state index contributed by atoms with van der Waals surface area (Å²) >= 11 is 0. The van der Waals surface area contributed by atoms with Crippen molar-refractivity contribution < 1.29 is 15.0 Å². The minimum Gasteiger partial charge on any atom is -0.480 e. The fourth-order valence-electron chi connectivity index (χ4n) is 2.48. The molecule has 2 atom stereocenters. The van der Waals surface area contributed by atoms with Crippen LogP contribution in [0.25, 0.3) is 0 Å². The highest BCUT2D eigenvalue weighted by Crippen LogP contribution is 2.34. The van der Waals surface area contributed by atoms with Gasteiger partial charge in [0.1, 0.15) is 5.54 Å². The Morgan fingerprint density at radius 1 is 1.50 bits per heavy atom. The molecule has 0 aliphatic carbocycles. The topological polar surface area (TPSA) is 60.8 Å². The van der Waals surface area contributed by atoms with Gasteiger partial charge in [-0.05, 0) is 39.2 Å². The maximum absolute atomic E-state index is 11.4. The lowest BCUT2D eigenvalue weighted by Crippen LogP contribution is -2.54. The van der Waals surface area contributed by atoms with Gasteiger partial charge in [-0.3, -0.25) is 9.69 Å². The molecule has 1 aliphatic rings. The molecule has 0 aromatic carbocycles. The van der Waals surface area contributed by atoms with Gasteiger partial charge < -0.3 is 10.2 Å². The number of nitrogens with zero attached hydrogens (tertiary/aromatic N) is 1. The molecule has 0 spiro atoms. The molecule has 1 heterocycles. The van der Waals surface area contributed by atoms with Crippen LogP contribution in [0.15, 0.2) is 0 Å². The molecule has 4 nitrogen and oxygen atoms in total. The van der Waals surface area contributed by atoms with Crippen molar-refractivity contribution >= 4 is 5.97 Å². The fourth-order valence-corrected chi connectivity index (χ4v) is 2.48. The van der Waals surface area contributed by atoms with Crippen molar-refractivity contribution in [2.24, 2.45) is 0 Å². The Morgan fingerprint density at radius 2 is 2.12 bits per heavy atom. The van der Waals surface area contributed by atoms with Crippen LogP contribution in [-0.4, -0.2) is 45.3 Å². The van der Waals surface area contributed by atoms with E-state index in [1.54, 1.807) is 6.92 Å². The van der Waals surface area contributed by atoms with E-state index >= 15 is 0 Å². The maximum atomic E-state index is 11.4. The second kappa shape index (κ2) is 4.72. The zero-order valence-corrected chi connectivity index (χ0v) is 10.5. The molecule has 94 valence electrons. The normalized spacial score (nSPS) is 30.2. The zero-order chi connectivity index (χ0) is 12.4. The molecule has 0 aromatic heterocycles. The summed E-state index contributed by atoms with van der Waals surface area (Å²) in [5.74, 6) is -0.751. The first-order valence-corrected chi connectivity index (χ1v) is 6.09. The van der Waals surface area contributed by atoms with E-state index < -0.39 is 17.1 Å². The van der Waals surface area contributed by atoms with Gasteiger partial charge in [-0.2, -0.15) is 0 Å². The number of β-amino-alcohol motifs (C(OH)–C–C–N with tert-alkyl or cyclic N) is 1. The largest absolute Gasteiger partial charge is 0.480 e. The van der Waals surface area contributed by atoms with E-state index in [1.165, 1.54) is 0 Å². The van der Waals surface area contributed by atoms with Gasteiger partial charge in [-0.1, -0.05) is 13.8 Å². The molecule has 1 rings (SSSR count). The summed E-state index contributed by atoms with van der Waals surface area (Å²) in [6.07, 6.45) is 2.84. The molecule has 1 fully saturated rings. The molecular formula is C12H23NO3. The van der Waals surface area contributed by atoms with Crippen molar-refractivity contribution in [2.45, 2.75) is 57.6 Å². The third-order valence-corrected chi connectivity index (χ3v) is 3.90. The van der Waals surface area contributed by atoms with Gasteiger partial charge >= 0.3 is 5.97 Å². The summed E-state index contributed by atoms with van der Waals surface area (Å²) in [4.78, 5) is 13.4. The van der Waals surface area contributed by atoms with Crippen LogP contribution in [-0.2, 0) is 4.79 Å². The van der Waals surface area contributed by atoms with E-state index in [0.717, 1.165) is 13.0 Å². The maximum Gasteiger partial charge on any atom is 0.324 e. The number of likely N-dealkylation sites (tertiary alicyclic amines) is 1. The minimum absolute atomic E-state index is 0.448. The average molecular weight is 229 g/mol.